The zero-order chi connectivity index (χ0) is 33.8. The van der Waals surface area contributed by atoms with Crippen LogP contribution in [0, 0.1) is 0 Å². The molecular weight excluding hydrogens is 675 g/mol. The second kappa shape index (κ2) is 13.1. The third-order valence-electron chi connectivity index (χ3n) is 9.48. The summed E-state index contributed by atoms with van der Waals surface area (Å²) >= 11 is 0. The van der Waals surface area contributed by atoms with E-state index in [1.807, 2.05) is 143 Å². The molecule has 0 saturated carbocycles. The predicted molar refractivity (Wildman–Crippen MR) is 196 cm³/mol. The molecule has 0 aliphatic carbocycles. The Balaban J connectivity index is 0.00000392. The summed E-state index contributed by atoms with van der Waals surface area (Å²) in [5.41, 5.74) is 10.00. The molecule has 0 radical (unpaired) electrons. The van der Waals surface area contributed by atoms with Gasteiger partial charge >= 0.3 is 26.6 Å². The number of nitrogens with zero attached hydrogens (tertiary/aromatic N) is 4. The minimum Gasteiger partial charge on any atom is -0.658 e. The first-order valence-corrected chi connectivity index (χ1v) is 16.4. The molecule has 0 atom stereocenters. The summed E-state index contributed by atoms with van der Waals surface area (Å²) < 4.78 is 12.3. The summed E-state index contributed by atoms with van der Waals surface area (Å²) in [5, 5.41) is 3.04. The van der Waals surface area contributed by atoms with E-state index in [2.05, 4.69) is 5.32 Å². The van der Waals surface area contributed by atoms with Crippen LogP contribution in [-0.4, -0.2) is 34.2 Å². The standard InChI is InChI=1S/C40H35BN5O3.Zn/c1-39(2)40(3,4)49-41(48-39)28-11-5-25(6-12-28)24-42-38(47)27-9-7-26(8-10-27)37-35-19-17-33(45-35)22-31-15-13-29(43-31)21-30-14-16-32(44-30)23-34-18-20-36(37)46-34;/h5-23H,24H2,1-4H3,(H2-,42,43,44,45,46,47);/q-1;+2/p-1. The van der Waals surface area contributed by atoms with Gasteiger partial charge in [0.1, 0.15) is 0 Å². The summed E-state index contributed by atoms with van der Waals surface area (Å²) in [6.45, 7) is 8.56. The van der Waals surface area contributed by atoms with Crippen molar-refractivity contribution in [3.8, 4) is 11.1 Å². The molecule has 0 unspecified atom stereocenters. The van der Waals surface area contributed by atoms with Crippen LogP contribution in [0.4, 0.5) is 0 Å². The molecule has 8 nitrogen and oxygen atoms in total. The van der Waals surface area contributed by atoms with Crippen molar-refractivity contribution >= 4 is 64.9 Å². The number of carbonyl (C=O) groups is 1. The molecule has 1 amide bonds. The van der Waals surface area contributed by atoms with Crippen LogP contribution in [0.25, 0.3) is 57.5 Å². The van der Waals surface area contributed by atoms with Crippen molar-refractivity contribution in [3.05, 3.63) is 125 Å². The molecule has 1 saturated heterocycles. The number of aromatic nitrogens is 4. The van der Waals surface area contributed by atoms with Gasteiger partial charge in [0, 0.05) is 12.1 Å². The third kappa shape index (κ3) is 6.67. The second-order valence-electron chi connectivity index (χ2n) is 13.5. The number of rotatable bonds is 5. The molecule has 8 bridgehead atoms. The molecule has 0 spiro atoms. The van der Waals surface area contributed by atoms with E-state index in [-0.39, 0.29) is 25.4 Å². The van der Waals surface area contributed by atoms with E-state index in [9.17, 15) is 4.79 Å². The Morgan fingerprint density at radius 3 is 1.90 bits per heavy atom. The number of carbonyl (C=O) groups excluding carboxylic acids is 1. The van der Waals surface area contributed by atoms with E-state index >= 15 is 0 Å². The van der Waals surface area contributed by atoms with Crippen LogP contribution in [0.1, 0.15) is 66.4 Å². The summed E-state index contributed by atoms with van der Waals surface area (Å²) in [6.07, 6.45) is 7.93. The monoisotopic (exact) mass is 707 g/mol. The number of fused-ring (bicyclic) bond motifs is 8. The van der Waals surface area contributed by atoms with Crippen LogP contribution in [0.2, 0.25) is 0 Å². The number of hydrogen-bond donors (Lipinski definition) is 1. The zero-order valence-electron chi connectivity index (χ0n) is 28.5. The minimum absolute atomic E-state index is 0. The fourth-order valence-corrected chi connectivity index (χ4v) is 6.03. The van der Waals surface area contributed by atoms with Gasteiger partial charge in [0.05, 0.1) is 34.0 Å². The van der Waals surface area contributed by atoms with Crippen LogP contribution in [0.5, 0.6) is 0 Å². The Hall–Kier alpha value is -4.88. The van der Waals surface area contributed by atoms with Gasteiger partial charge in [-0.25, -0.2) is 9.97 Å². The number of amides is 1. The molecule has 5 aromatic rings. The number of hydrogen-bond acceptors (Lipinski definition) is 5. The summed E-state index contributed by atoms with van der Waals surface area (Å²) in [4.78, 5) is 32.5. The van der Waals surface area contributed by atoms with Gasteiger partial charge in [-0.15, -0.1) is 22.1 Å². The Kier molecular flexibility index (Phi) is 8.81. The summed E-state index contributed by atoms with van der Waals surface area (Å²) in [7, 11) is -0.421. The Morgan fingerprint density at radius 1 is 0.700 bits per heavy atom. The van der Waals surface area contributed by atoms with Gasteiger partial charge < -0.3 is 24.6 Å². The van der Waals surface area contributed by atoms with E-state index in [4.69, 9.17) is 29.2 Å². The maximum Gasteiger partial charge on any atom is 2.00 e. The van der Waals surface area contributed by atoms with Gasteiger partial charge in [-0.3, -0.25) is 4.79 Å². The molecule has 3 aliphatic heterocycles. The van der Waals surface area contributed by atoms with Crippen molar-refractivity contribution < 1.29 is 33.6 Å². The molecule has 1 N–H and O–H groups in total. The van der Waals surface area contributed by atoms with Gasteiger partial charge in [0.15, 0.2) is 0 Å². The van der Waals surface area contributed by atoms with Crippen LogP contribution in [0.15, 0.2) is 91.0 Å². The maximum absolute atomic E-state index is 13.2. The molecule has 50 heavy (non-hydrogen) atoms. The van der Waals surface area contributed by atoms with Crippen molar-refractivity contribution in [1.29, 1.82) is 0 Å². The fourth-order valence-electron chi connectivity index (χ4n) is 6.03. The Morgan fingerprint density at radius 2 is 1.26 bits per heavy atom. The third-order valence-corrected chi connectivity index (χ3v) is 9.48. The average Bonchev–Trinajstić information content (AvgIpc) is 3.92. The Labute approximate surface area is 304 Å². The molecule has 6 heterocycles. The summed E-state index contributed by atoms with van der Waals surface area (Å²) in [6, 6.07) is 29.4. The fraction of sp³-hybridized carbons (Fsp3) is 0.175. The zero-order valence-corrected chi connectivity index (χ0v) is 31.4. The van der Waals surface area contributed by atoms with Gasteiger partial charge in [-0.1, -0.05) is 78.9 Å². The van der Waals surface area contributed by atoms with E-state index in [0.717, 1.165) is 67.0 Å². The largest absolute Gasteiger partial charge is 2.00 e. The van der Waals surface area contributed by atoms with Gasteiger partial charge in [-0.05, 0) is 86.3 Å². The van der Waals surface area contributed by atoms with Gasteiger partial charge in [0.2, 0.25) is 0 Å². The quantitative estimate of drug-likeness (QED) is 0.196. The molecule has 8 rings (SSSR count). The van der Waals surface area contributed by atoms with Gasteiger partial charge in [0.25, 0.3) is 5.91 Å². The Bertz CT molecular complexity index is 2310. The number of nitrogens with one attached hydrogen (secondary N) is 1. The molecule has 10 heteroatoms. The van der Waals surface area contributed by atoms with Crippen molar-refractivity contribution in [3.63, 3.8) is 0 Å². The van der Waals surface area contributed by atoms with E-state index < -0.39 is 18.3 Å². The smallest absolute Gasteiger partial charge is 0.658 e. The van der Waals surface area contributed by atoms with Gasteiger partial charge in [-0.2, -0.15) is 0 Å². The van der Waals surface area contributed by atoms with Crippen molar-refractivity contribution in [2.45, 2.75) is 45.4 Å². The average molecular weight is 709 g/mol. The molecule has 2 aromatic carbocycles. The van der Waals surface area contributed by atoms with E-state index in [1.54, 1.807) is 0 Å². The van der Waals surface area contributed by atoms with Crippen molar-refractivity contribution in [2.24, 2.45) is 0 Å². The molecule has 3 aromatic heterocycles. The van der Waals surface area contributed by atoms with E-state index in [1.165, 1.54) is 0 Å². The van der Waals surface area contributed by atoms with Crippen molar-refractivity contribution in [1.82, 2.24) is 25.3 Å². The topological polar surface area (TPSA) is 102 Å². The first-order valence-electron chi connectivity index (χ1n) is 16.4. The van der Waals surface area contributed by atoms with Crippen LogP contribution in [-0.2, 0) is 35.3 Å². The molecule has 242 valence electrons. The second-order valence-corrected chi connectivity index (χ2v) is 13.5. The summed E-state index contributed by atoms with van der Waals surface area (Å²) in [5.74, 6) is -0.156. The van der Waals surface area contributed by atoms with E-state index in [0.29, 0.717) is 12.1 Å². The normalized spacial score (nSPS) is 15.6. The number of benzene rings is 2. The molecular formula is C40H34BN5O3Zn. The molecule has 3 aliphatic rings. The maximum atomic E-state index is 13.2. The predicted octanol–water partition coefficient (Wildman–Crippen LogP) is 6.81. The van der Waals surface area contributed by atoms with Crippen molar-refractivity contribution in [2.75, 3.05) is 0 Å². The minimum atomic E-state index is -0.421. The first kappa shape index (κ1) is 33.6. The van der Waals surface area contributed by atoms with Crippen LogP contribution < -0.4 is 20.7 Å². The van der Waals surface area contributed by atoms with Crippen LogP contribution >= 0.6 is 0 Å². The first-order chi connectivity index (χ1) is 23.6. The SMILES string of the molecule is CC1(C)OB(c2ccc(CNC(=O)c3ccc(-c4c5nc(cc6ccc(cc7nc(cc8ccc4[n-]8)C=C7)[n-]6)C=C5)cc3)cc2)OC1(C)C.[Zn+2]. The van der Waals surface area contributed by atoms with Crippen LogP contribution in [0.3, 0.4) is 0 Å². The molecule has 1 fully saturated rings.